The number of alkyl halides is 4. The number of carbonyl (C=O) groups excluding carboxylic acids is 1. The summed E-state index contributed by atoms with van der Waals surface area (Å²) >= 11 is 1.52. The Morgan fingerprint density at radius 1 is 1.28 bits per heavy atom. The van der Waals surface area contributed by atoms with Crippen LogP contribution >= 0.6 is 11.3 Å². The molecular weight excluding hydrogens is 588 g/mol. The lowest BCUT2D eigenvalue weighted by atomic mass is 10.0. The molecule has 2 aliphatic rings. The molecule has 3 aromatic heterocycles. The summed E-state index contributed by atoms with van der Waals surface area (Å²) in [4.78, 5) is 20.2. The van der Waals surface area contributed by atoms with Crippen molar-refractivity contribution in [2.45, 2.75) is 56.2 Å². The van der Waals surface area contributed by atoms with Gasteiger partial charge in [0.05, 0.1) is 36.0 Å². The summed E-state index contributed by atoms with van der Waals surface area (Å²) in [6.07, 6.45) is -3.19. The number of halogens is 4. The van der Waals surface area contributed by atoms with Crippen molar-refractivity contribution in [3.05, 3.63) is 52.0 Å². The Morgan fingerprint density at radius 3 is 2.81 bits per heavy atom. The number of rotatable bonds is 10. The van der Waals surface area contributed by atoms with Gasteiger partial charge in [-0.25, -0.2) is 4.39 Å². The third kappa shape index (κ3) is 6.13. The zero-order chi connectivity index (χ0) is 30.4. The molecule has 0 unspecified atom stereocenters. The van der Waals surface area contributed by atoms with E-state index in [1.807, 2.05) is 17.3 Å². The zero-order valence-corrected chi connectivity index (χ0v) is 24.5. The SMILES string of the molecule is COCC1(c2sccc2C(=O)NCc2nc(-c3cc4c(N[C@@H]5CCN(C)C[C@@H]5F)cccc4n3CC(F)(F)F)no2)CC1. The average molecular weight is 621 g/mol. The van der Waals surface area contributed by atoms with Gasteiger partial charge in [-0.1, -0.05) is 11.2 Å². The summed E-state index contributed by atoms with van der Waals surface area (Å²) in [5, 5.41) is 12.3. The average Bonchev–Trinajstić information content (AvgIpc) is 3.31. The molecule has 2 N–H and O–H groups in total. The van der Waals surface area contributed by atoms with Crippen LogP contribution < -0.4 is 10.6 Å². The van der Waals surface area contributed by atoms with Crippen molar-refractivity contribution in [3.63, 3.8) is 0 Å². The molecule has 9 nitrogen and oxygen atoms in total. The zero-order valence-electron chi connectivity index (χ0n) is 23.7. The molecule has 2 atom stereocenters. The van der Waals surface area contributed by atoms with Gasteiger partial charge >= 0.3 is 6.18 Å². The van der Waals surface area contributed by atoms with Crippen LogP contribution in [0.4, 0.5) is 23.2 Å². The Hall–Kier alpha value is -3.49. The summed E-state index contributed by atoms with van der Waals surface area (Å²) < 4.78 is 67.7. The highest BCUT2D eigenvalue weighted by atomic mass is 32.1. The maximum absolute atomic E-state index is 14.8. The number of nitrogens with one attached hydrogen (secondary N) is 2. The highest BCUT2D eigenvalue weighted by molar-refractivity contribution is 7.10. The maximum Gasteiger partial charge on any atom is 0.406 e. The fourth-order valence-electron chi connectivity index (χ4n) is 5.81. The first-order valence-corrected chi connectivity index (χ1v) is 14.9. The van der Waals surface area contributed by atoms with Gasteiger partial charge in [-0.15, -0.1) is 11.3 Å². The minimum absolute atomic E-state index is 0.0481. The van der Waals surface area contributed by atoms with Crippen molar-refractivity contribution in [3.8, 4) is 11.5 Å². The molecule has 1 saturated carbocycles. The van der Waals surface area contributed by atoms with Crippen LogP contribution in [0.15, 0.2) is 40.2 Å². The topological polar surface area (TPSA) is 97.4 Å². The lowest BCUT2D eigenvalue weighted by Gasteiger charge is -2.33. The molecule has 14 heteroatoms. The van der Waals surface area contributed by atoms with Crippen molar-refractivity contribution in [2.24, 2.45) is 0 Å². The molecule has 4 heterocycles. The van der Waals surface area contributed by atoms with Gasteiger partial charge in [0.2, 0.25) is 11.7 Å². The van der Waals surface area contributed by atoms with Gasteiger partial charge in [0.25, 0.3) is 5.91 Å². The van der Waals surface area contributed by atoms with Crippen LogP contribution in [0.2, 0.25) is 0 Å². The number of anilines is 1. The minimum Gasteiger partial charge on any atom is -0.384 e. The van der Waals surface area contributed by atoms with E-state index in [2.05, 4.69) is 20.8 Å². The molecule has 0 bridgehead atoms. The van der Waals surface area contributed by atoms with Gasteiger partial charge in [0.1, 0.15) is 12.7 Å². The van der Waals surface area contributed by atoms with E-state index < -0.39 is 24.9 Å². The standard InChI is InChI=1S/C29H32F4N6O3S/c1-38-10-6-21(19(30)14-38)35-20-4-3-5-22-18(20)12-23(39(22)15-29(31,32)33)26-36-24(42-37-26)13-34-27(40)17-7-11-43-25(17)28(8-9-28)16-41-2/h3-5,7,11-12,19,21,35H,6,8-10,13-16H2,1-2H3,(H,34,40)/t19-,21+/m0/s1. The Morgan fingerprint density at radius 2 is 2.09 bits per heavy atom. The quantitative estimate of drug-likeness (QED) is 0.230. The van der Waals surface area contributed by atoms with E-state index in [1.54, 1.807) is 37.4 Å². The third-order valence-electron chi connectivity index (χ3n) is 8.13. The number of likely N-dealkylation sites (tertiary alicyclic amines) is 1. The molecule has 1 amide bonds. The second-order valence-corrected chi connectivity index (χ2v) is 12.3. The van der Waals surface area contributed by atoms with E-state index in [-0.39, 0.29) is 41.8 Å². The largest absolute Gasteiger partial charge is 0.406 e. The van der Waals surface area contributed by atoms with Crippen molar-refractivity contribution < 1.29 is 31.6 Å². The van der Waals surface area contributed by atoms with Gasteiger partial charge < -0.3 is 29.4 Å². The van der Waals surface area contributed by atoms with Gasteiger partial charge in [-0.3, -0.25) is 4.79 Å². The van der Waals surface area contributed by atoms with Gasteiger partial charge in [-0.2, -0.15) is 18.2 Å². The predicted molar refractivity (Wildman–Crippen MR) is 154 cm³/mol. The summed E-state index contributed by atoms with van der Waals surface area (Å²) in [7, 11) is 3.49. The molecule has 0 spiro atoms. The number of hydrogen-bond donors (Lipinski definition) is 2. The second kappa shape index (κ2) is 11.5. The minimum atomic E-state index is -4.53. The van der Waals surface area contributed by atoms with Crippen LogP contribution in [0.3, 0.4) is 0 Å². The number of fused-ring (bicyclic) bond motifs is 1. The first kappa shape index (κ1) is 29.6. The summed E-state index contributed by atoms with van der Waals surface area (Å²) in [6.45, 7) is 0.144. The first-order valence-electron chi connectivity index (χ1n) is 14.0. The normalized spacial score (nSPS) is 20.4. The first-order chi connectivity index (χ1) is 20.6. The van der Waals surface area contributed by atoms with Gasteiger partial charge in [0.15, 0.2) is 0 Å². The molecule has 1 aliphatic carbocycles. The number of thiophene rings is 1. The van der Waals surface area contributed by atoms with E-state index in [9.17, 15) is 22.4 Å². The molecule has 6 rings (SSSR count). The van der Waals surface area contributed by atoms with E-state index >= 15 is 0 Å². The molecule has 2 fully saturated rings. The van der Waals surface area contributed by atoms with Crippen molar-refractivity contribution in [2.75, 3.05) is 39.2 Å². The van der Waals surface area contributed by atoms with Crippen molar-refractivity contribution in [1.29, 1.82) is 0 Å². The molecule has 1 aliphatic heterocycles. The Kier molecular flexibility index (Phi) is 7.94. The monoisotopic (exact) mass is 620 g/mol. The van der Waals surface area contributed by atoms with Crippen LogP contribution in [0.1, 0.15) is 40.4 Å². The number of piperidine rings is 1. The number of carbonyl (C=O) groups is 1. The number of benzene rings is 1. The molecular formula is C29H32F4N6O3S. The molecule has 4 aromatic rings. The predicted octanol–water partition coefficient (Wildman–Crippen LogP) is 5.38. The number of hydrogen-bond acceptors (Lipinski definition) is 8. The van der Waals surface area contributed by atoms with Crippen LogP contribution in [-0.2, 0) is 23.2 Å². The van der Waals surface area contributed by atoms with Crippen LogP contribution in [0.25, 0.3) is 22.4 Å². The van der Waals surface area contributed by atoms with Gasteiger partial charge in [-0.05, 0) is 56.0 Å². The van der Waals surface area contributed by atoms with E-state index in [4.69, 9.17) is 9.26 Å². The highest BCUT2D eigenvalue weighted by Crippen LogP contribution is 2.51. The second-order valence-electron chi connectivity index (χ2n) is 11.4. The number of nitrogens with zero attached hydrogens (tertiary/aromatic N) is 4. The van der Waals surface area contributed by atoms with E-state index in [0.29, 0.717) is 41.7 Å². The molecule has 1 aromatic carbocycles. The van der Waals surface area contributed by atoms with Crippen molar-refractivity contribution >= 4 is 33.8 Å². The van der Waals surface area contributed by atoms with Crippen LogP contribution in [0, 0.1) is 0 Å². The lowest BCUT2D eigenvalue weighted by Crippen LogP contribution is -2.46. The lowest BCUT2D eigenvalue weighted by molar-refractivity contribution is -0.139. The fraction of sp³-hybridized carbons (Fsp3) is 0.483. The summed E-state index contributed by atoms with van der Waals surface area (Å²) in [5.74, 6) is -0.307. The molecule has 1 saturated heterocycles. The summed E-state index contributed by atoms with van der Waals surface area (Å²) in [6, 6.07) is 7.79. The smallest absolute Gasteiger partial charge is 0.384 e. The van der Waals surface area contributed by atoms with E-state index in [0.717, 1.165) is 22.3 Å². The van der Waals surface area contributed by atoms with Crippen molar-refractivity contribution in [1.82, 2.24) is 24.9 Å². The highest BCUT2D eigenvalue weighted by Gasteiger charge is 2.47. The van der Waals surface area contributed by atoms with Crippen LogP contribution in [0.5, 0.6) is 0 Å². The molecule has 230 valence electrons. The number of amides is 1. The fourth-order valence-corrected chi connectivity index (χ4v) is 6.95. The Labute approximate surface area is 249 Å². The Balaban J connectivity index is 1.24. The number of aromatic nitrogens is 3. The van der Waals surface area contributed by atoms with E-state index in [1.165, 1.54) is 11.3 Å². The van der Waals surface area contributed by atoms with Gasteiger partial charge in [0, 0.05) is 41.6 Å². The third-order valence-corrected chi connectivity index (χ3v) is 9.29. The maximum atomic E-state index is 14.8. The number of ether oxygens (including phenoxy) is 1. The molecule has 43 heavy (non-hydrogen) atoms. The Bertz CT molecular complexity index is 1610. The molecule has 0 radical (unpaired) electrons. The van der Waals surface area contributed by atoms with Crippen LogP contribution in [-0.4, -0.2) is 77.8 Å². The summed E-state index contributed by atoms with van der Waals surface area (Å²) in [5.41, 5.74) is 1.35. The number of methoxy groups -OCH3 is 1.